The van der Waals surface area contributed by atoms with E-state index in [2.05, 4.69) is 43.2 Å². The van der Waals surface area contributed by atoms with Crippen molar-refractivity contribution in [2.75, 3.05) is 0 Å². The van der Waals surface area contributed by atoms with Gasteiger partial charge in [0.2, 0.25) is 5.69 Å². The molecule has 0 spiro atoms. The third-order valence-corrected chi connectivity index (χ3v) is 2.00. The van der Waals surface area contributed by atoms with Crippen LogP contribution in [0.2, 0.25) is 0 Å². The van der Waals surface area contributed by atoms with Crippen LogP contribution in [0, 0.1) is 13.8 Å². The smallest absolute Gasteiger partial charge is 0.204 e. The SMILES string of the molecule is CCn1c(C)cc(C)[n+]1C.[OH-]. The number of nitrogens with zero attached hydrogens (tertiary/aromatic N) is 2. The summed E-state index contributed by atoms with van der Waals surface area (Å²) in [6, 6.07) is 2.20. The molecule has 0 radical (unpaired) electrons. The van der Waals surface area contributed by atoms with Crippen LogP contribution in [0.1, 0.15) is 18.3 Å². The van der Waals surface area contributed by atoms with Gasteiger partial charge in [0, 0.05) is 13.0 Å². The molecule has 1 aromatic rings. The molecule has 1 N–H and O–H groups in total. The second-order valence-electron chi connectivity index (χ2n) is 2.67. The van der Waals surface area contributed by atoms with Crippen LogP contribution in [0.15, 0.2) is 6.07 Å². The molecule has 3 nitrogen and oxygen atoms in total. The summed E-state index contributed by atoms with van der Waals surface area (Å²) in [7, 11) is 2.09. The topological polar surface area (TPSA) is 38.8 Å². The van der Waals surface area contributed by atoms with E-state index in [-0.39, 0.29) is 5.48 Å². The molecule has 1 heterocycles. The van der Waals surface area contributed by atoms with Crippen LogP contribution in [0.4, 0.5) is 0 Å². The monoisotopic (exact) mass is 156 g/mol. The van der Waals surface area contributed by atoms with Gasteiger partial charge in [-0.15, -0.1) is 4.68 Å². The lowest BCUT2D eigenvalue weighted by molar-refractivity contribution is -0.758. The molecule has 1 rings (SSSR count). The highest BCUT2D eigenvalue weighted by Gasteiger charge is 2.09. The quantitative estimate of drug-likeness (QED) is 0.553. The van der Waals surface area contributed by atoms with Crippen molar-refractivity contribution in [2.24, 2.45) is 7.05 Å². The molecule has 3 heteroatoms. The normalized spacial score (nSPS) is 9.45. The first-order chi connectivity index (χ1) is 4.66. The van der Waals surface area contributed by atoms with Crippen LogP contribution in [0.5, 0.6) is 0 Å². The molecule has 0 aliphatic carbocycles. The summed E-state index contributed by atoms with van der Waals surface area (Å²) in [5, 5.41) is 0. The van der Waals surface area contributed by atoms with E-state index in [9.17, 15) is 0 Å². The Hall–Kier alpha value is -0.830. The zero-order valence-corrected chi connectivity index (χ0v) is 7.63. The first-order valence-electron chi connectivity index (χ1n) is 3.70. The summed E-state index contributed by atoms with van der Waals surface area (Å²) in [6.07, 6.45) is 0. The minimum Gasteiger partial charge on any atom is -0.870 e. The first-order valence-corrected chi connectivity index (χ1v) is 3.70. The second kappa shape index (κ2) is 3.53. The van der Waals surface area contributed by atoms with Gasteiger partial charge in [-0.05, 0) is 13.8 Å². The fourth-order valence-corrected chi connectivity index (χ4v) is 1.36. The summed E-state index contributed by atoms with van der Waals surface area (Å²) < 4.78 is 4.42. The molecule has 0 amide bonds. The summed E-state index contributed by atoms with van der Waals surface area (Å²) in [4.78, 5) is 0. The Balaban J connectivity index is 0.000001000. The van der Waals surface area contributed by atoms with Gasteiger partial charge in [-0.25, -0.2) is 0 Å². The minimum absolute atomic E-state index is 0. The average Bonchev–Trinajstić information content (AvgIpc) is 2.09. The molecule has 1 aromatic heterocycles. The van der Waals surface area contributed by atoms with Gasteiger partial charge in [-0.3, -0.25) is 0 Å². The van der Waals surface area contributed by atoms with Crippen LogP contribution in [-0.2, 0) is 13.6 Å². The van der Waals surface area contributed by atoms with Gasteiger partial charge in [0.15, 0.2) is 7.05 Å². The van der Waals surface area contributed by atoms with E-state index in [0.29, 0.717) is 0 Å². The van der Waals surface area contributed by atoms with Crippen LogP contribution in [-0.4, -0.2) is 10.2 Å². The Morgan fingerprint density at radius 3 is 2.18 bits per heavy atom. The van der Waals surface area contributed by atoms with E-state index >= 15 is 0 Å². The maximum Gasteiger partial charge on any atom is 0.204 e. The van der Waals surface area contributed by atoms with Crippen LogP contribution < -0.4 is 4.68 Å². The van der Waals surface area contributed by atoms with Crippen LogP contribution in [0.25, 0.3) is 0 Å². The lowest BCUT2D eigenvalue weighted by atomic mass is 10.4. The van der Waals surface area contributed by atoms with E-state index in [4.69, 9.17) is 0 Å². The molecule has 0 bridgehead atoms. The van der Waals surface area contributed by atoms with E-state index in [0.717, 1.165) is 6.54 Å². The van der Waals surface area contributed by atoms with Gasteiger partial charge in [0.05, 0.1) is 12.2 Å². The highest BCUT2D eigenvalue weighted by molar-refractivity contribution is 5.00. The van der Waals surface area contributed by atoms with E-state index in [1.165, 1.54) is 11.4 Å². The van der Waals surface area contributed by atoms with Crippen molar-refractivity contribution < 1.29 is 10.2 Å². The number of hydrogen-bond donors (Lipinski definition) is 0. The predicted molar refractivity (Wildman–Crippen MR) is 42.7 cm³/mol. The molecular weight excluding hydrogens is 140 g/mol. The molecule has 0 atom stereocenters. The van der Waals surface area contributed by atoms with E-state index < -0.39 is 0 Å². The highest BCUT2D eigenvalue weighted by atomic mass is 16.0. The zero-order chi connectivity index (χ0) is 7.72. The van der Waals surface area contributed by atoms with Gasteiger partial charge in [-0.1, -0.05) is 0 Å². The van der Waals surface area contributed by atoms with Crippen molar-refractivity contribution in [1.29, 1.82) is 0 Å². The Bertz CT molecular complexity index is 240. The number of aryl methyl sites for hydroxylation is 2. The molecule has 0 saturated heterocycles. The van der Waals surface area contributed by atoms with Crippen molar-refractivity contribution in [2.45, 2.75) is 27.3 Å². The van der Waals surface area contributed by atoms with Crippen molar-refractivity contribution >= 4 is 0 Å². The Labute approximate surface area is 67.6 Å². The molecule has 0 unspecified atom stereocenters. The van der Waals surface area contributed by atoms with Crippen LogP contribution in [0.3, 0.4) is 0 Å². The first kappa shape index (κ1) is 10.2. The molecule has 64 valence electrons. The summed E-state index contributed by atoms with van der Waals surface area (Å²) in [5.41, 5.74) is 2.65. The van der Waals surface area contributed by atoms with Crippen molar-refractivity contribution in [3.05, 3.63) is 17.5 Å². The molecule has 0 fully saturated rings. The highest BCUT2D eigenvalue weighted by Crippen LogP contribution is 1.97. The third kappa shape index (κ3) is 1.60. The minimum atomic E-state index is 0. The van der Waals surface area contributed by atoms with Crippen LogP contribution >= 0.6 is 0 Å². The van der Waals surface area contributed by atoms with Gasteiger partial charge in [-0.2, -0.15) is 4.68 Å². The molecule has 0 aliphatic heterocycles. The van der Waals surface area contributed by atoms with Gasteiger partial charge < -0.3 is 5.48 Å². The summed E-state index contributed by atoms with van der Waals surface area (Å²) >= 11 is 0. The standard InChI is InChI=1S/C8H15N2.H2O/c1-5-10-8(3)6-7(2)9(10)4;/h6H,5H2,1-4H3;1H2/q+1;/p-1. The molecule has 0 aliphatic rings. The maximum atomic E-state index is 2.25. The maximum absolute atomic E-state index is 2.25. The van der Waals surface area contributed by atoms with E-state index in [1.54, 1.807) is 0 Å². The predicted octanol–water partition coefficient (Wildman–Crippen LogP) is 0.773. The molecular formula is C8H16N2O. The third-order valence-electron chi connectivity index (χ3n) is 2.00. The number of aromatic nitrogens is 2. The summed E-state index contributed by atoms with van der Waals surface area (Å²) in [6.45, 7) is 7.47. The Kier molecular flexibility index (Phi) is 3.26. The Morgan fingerprint density at radius 2 is 2.00 bits per heavy atom. The molecule has 11 heavy (non-hydrogen) atoms. The van der Waals surface area contributed by atoms with Crippen molar-refractivity contribution in [3.63, 3.8) is 0 Å². The fourth-order valence-electron chi connectivity index (χ4n) is 1.36. The molecule has 0 saturated carbocycles. The van der Waals surface area contributed by atoms with E-state index in [1.807, 2.05) is 0 Å². The Morgan fingerprint density at radius 1 is 1.45 bits per heavy atom. The number of rotatable bonds is 1. The average molecular weight is 156 g/mol. The summed E-state index contributed by atoms with van der Waals surface area (Å²) in [5.74, 6) is 0. The second-order valence-corrected chi connectivity index (χ2v) is 2.67. The van der Waals surface area contributed by atoms with Crippen molar-refractivity contribution in [1.82, 2.24) is 4.68 Å². The zero-order valence-electron chi connectivity index (χ0n) is 7.63. The molecule has 0 aromatic carbocycles. The largest absolute Gasteiger partial charge is 0.870 e. The van der Waals surface area contributed by atoms with Gasteiger partial charge in [0.1, 0.15) is 0 Å². The lowest BCUT2D eigenvalue weighted by Gasteiger charge is -1.96. The fraction of sp³-hybridized carbons (Fsp3) is 0.625. The van der Waals surface area contributed by atoms with Gasteiger partial charge >= 0.3 is 0 Å². The van der Waals surface area contributed by atoms with Gasteiger partial charge in [0.25, 0.3) is 0 Å². The number of hydrogen-bond acceptors (Lipinski definition) is 1. The lowest BCUT2D eigenvalue weighted by Crippen LogP contribution is -2.41. The van der Waals surface area contributed by atoms with Crippen molar-refractivity contribution in [3.8, 4) is 0 Å².